The van der Waals surface area contributed by atoms with Crippen LogP contribution in [0, 0.1) is 6.92 Å². The summed E-state index contributed by atoms with van der Waals surface area (Å²) in [5.41, 5.74) is 3.18. The standard InChI is InChI=1S/C30H28BrNO4/c1-3-4-5-6-17-35-23-14-9-20(10-15-23)27-26-28(33)24-18-21(31)11-16-25(24)36-29(26)30(34)32(27)22-12-7-19(2)8-13-22/h7-16,18,27H,3-6,17H2,1-2H3. The van der Waals surface area contributed by atoms with Crippen LogP contribution in [0.4, 0.5) is 5.69 Å². The summed E-state index contributed by atoms with van der Waals surface area (Å²) in [4.78, 5) is 29.1. The molecule has 1 aromatic heterocycles. The highest BCUT2D eigenvalue weighted by molar-refractivity contribution is 9.10. The van der Waals surface area contributed by atoms with Gasteiger partial charge in [-0.2, -0.15) is 0 Å². The van der Waals surface area contributed by atoms with E-state index >= 15 is 0 Å². The lowest BCUT2D eigenvalue weighted by Crippen LogP contribution is -2.29. The highest BCUT2D eigenvalue weighted by Crippen LogP contribution is 2.41. The molecule has 0 saturated carbocycles. The molecule has 2 heterocycles. The molecule has 4 aromatic rings. The lowest BCUT2D eigenvalue weighted by Gasteiger charge is -2.25. The molecule has 0 radical (unpaired) electrons. The van der Waals surface area contributed by atoms with Gasteiger partial charge in [0, 0.05) is 10.2 Å². The Balaban J connectivity index is 1.57. The molecular weight excluding hydrogens is 518 g/mol. The Hall–Kier alpha value is -3.38. The highest BCUT2D eigenvalue weighted by Gasteiger charge is 2.43. The Kier molecular flexibility index (Phi) is 6.97. The van der Waals surface area contributed by atoms with Crippen molar-refractivity contribution in [3.63, 3.8) is 0 Å². The zero-order chi connectivity index (χ0) is 25.2. The predicted octanol–water partition coefficient (Wildman–Crippen LogP) is 7.57. The van der Waals surface area contributed by atoms with Crippen LogP contribution in [0.1, 0.15) is 65.9 Å². The number of rotatable bonds is 8. The van der Waals surface area contributed by atoms with Crippen molar-refractivity contribution < 1.29 is 13.9 Å². The second-order valence-corrected chi connectivity index (χ2v) is 10.1. The quantitative estimate of drug-likeness (QED) is 0.214. The molecule has 0 N–H and O–H groups in total. The minimum Gasteiger partial charge on any atom is -0.494 e. The fourth-order valence-electron chi connectivity index (χ4n) is 4.70. The van der Waals surface area contributed by atoms with Crippen LogP contribution in [0.3, 0.4) is 0 Å². The molecule has 6 heteroatoms. The van der Waals surface area contributed by atoms with E-state index in [2.05, 4.69) is 22.9 Å². The van der Waals surface area contributed by atoms with E-state index in [0.29, 0.717) is 28.8 Å². The lowest BCUT2D eigenvalue weighted by molar-refractivity contribution is 0.0971. The van der Waals surface area contributed by atoms with Crippen LogP contribution >= 0.6 is 15.9 Å². The number of anilines is 1. The number of hydrogen-bond acceptors (Lipinski definition) is 4. The largest absolute Gasteiger partial charge is 0.494 e. The predicted molar refractivity (Wildman–Crippen MR) is 146 cm³/mol. The molecule has 1 aliphatic rings. The Morgan fingerprint density at radius 1 is 0.944 bits per heavy atom. The summed E-state index contributed by atoms with van der Waals surface area (Å²) in [5, 5.41) is 0.443. The van der Waals surface area contributed by atoms with Crippen LogP contribution < -0.4 is 15.1 Å². The molecule has 0 spiro atoms. The van der Waals surface area contributed by atoms with Crippen LogP contribution in [0.25, 0.3) is 11.0 Å². The Labute approximate surface area is 218 Å². The molecule has 1 unspecified atom stereocenters. The van der Waals surface area contributed by atoms with Gasteiger partial charge in [0.25, 0.3) is 5.91 Å². The number of nitrogens with zero attached hydrogens (tertiary/aromatic N) is 1. The molecule has 0 saturated heterocycles. The van der Waals surface area contributed by atoms with Crippen molar-refractivity contribution in [3.8, 4) is 5.75 Å². The zero-order valence-electron chi connectivity index (χ0n) is 20.4. The van der Waals surface area contributed by atoms with Crippen LogP contribution in [-0.4, -0.2) is 12.5 Å². The van der Waals surface area contributed by atoms with E-state index in [9.17, 15) is 9.59 Å². The Bertz CT molecular complexity index is 1460. The maximum Gasteiger partial charge on any atom is 0.295 e. The molecule has 1 atom stereocenters. The number of ether oxygens (including phenoxy) is 1. The number of benzene rings is 3. The Morgan fingerprint density at radius 3 is 2.42 bits per heavy atom. The van der Waals surface area contributed by atoms with E-state index in [1.165, 1.54) is 12.8 Å². The molecule has 1 amide bonds. The lowest BCUT2D eigenvalue weighted by atomic mass is 9.98. The van der Waals surface area contributed by atoms with Crippen molar-refractivity contribution in [3.05, 3.63) is 104 Å². The van der Waals surface area contributed by atoms with Gasteiger partial charge in [-0.1, -0.05) is 71.9 Å². The molecule has 184 valence electrons. The maximum absolute atomic E-state index is 13.7. The molecule has 3 aromatic carbocycles. The van der Waals surface area contributed by atoms with Crippen LogP contribution in [0.15, 0.2) is 80.4 Å². The van der Waals surface area contributed by atoms with Gasteiger partial charge in [-0.3, -0.25) is 14.5 Å². The minimum atomic E-state index is -0.603. The van der Waals surface area contributed by atoms with Gasteiger partial charge in [0.2, 0.25) is 5.76 Å². The van der Waals surface area contributed by atoms with Crippen molar-refractivity contribution in [2.75, 3.05) is 11.5 Å². The van der Waals surface area contributed by atoms with Gasteiger partial charge >= 0.3 is 0 Å². The zero-order valence-corrected chi connectivity index (χ0v) is 22.0. The third-order valence-corrected chi connectivity index (χ3v) is 7.10. The van der Waals surface area contributed by atoms with Crippen LogP contribution in [0.5, 0.6) is 5.75 Å². The van der Waals surface area contributed by atoms with Crippen molar-refractivity contribution in [2.24, 2.45) is 0 Å². The fraction of sp³-hybridized carbons (Fsp3) is 0.267. The summed E-state index contributed by atoms with van der Waals surface area (Å²) in [6.07, 6.45) is 4.57. The third-order valence-electron chi connectivity index (χ3n) is 6.61. The molecule has 0 fully saturated rings. The van der Waals surface area contributed by atoms with Gasteiger partial charge < -0.3 is 9.15 Å². The van der Waals surface area contributed by atoms with Crippen LogP contribution in [-0.2, 0) is 0 Å². The van der Waals surface area contributed by atoms with Crippen molar-refractivity contribution in [1.82, 2.24) is 0 Å². The smallest absolute Gasteiger partial charge is 0.295 e. The summed E-state index contributed by atoms with van der Waals surface area (Å²) in [6, 6.07) is 20.1. The van der Waals surface area contributed by atoms with Crippen LogP contribution in [0.2, 0.25) is 0 Å². The third kappa shape index (κ3) is 4.58. The first-order valence-electron chi connectivity index (χ1n) is 12.4. The molecule has 1 aliphatic heterocycles. The number of hydrogen-bond donors (Lipinski definition) is 0. The average molecular weight is 546 g/mol. The van der Waals surface area contributed by atoms with Gasteiger partial charge in [-0.05, 0) is 61.4 Å². The van der Waals surface area contributed by atoms with E-state index in [0.717, 1.165) is 34.2 Å². The molecule has 0 aliphatic carbocycles. The number of fused-ring (bicyclic) bond motifs is 2. The van der Waals surface area contributed by atoms with Crippen molar-refractivity contribution in [2.45, 2.75) is 45.6 Å². The summed E-state index contributed by atoms with van der Waals surface area (Å²) >= 11 is 3.44. The molecule has 36 heavy (non-hydrogen) atoms. The van der Waals surface area contributed by atoms with Crippen molar-refractivity contribution >= 4 is 38.5 Å². The van der Waals surface area contributed by atoms with E-state index in [4.69, 9.17) is 9.15 Å². The number of unbranched alkanes of at least 4 members (excludes halogenated alkanes) is 3. The topological polar surface area (TPSA) is 59.8 Å². The van der Waals surface area contributed by atoms with E-state index in [1.807, 2.05) is 55.5 Å². The first-order chi connectivity index (χ1) is 17.5. The minimum absolute atomic E-state index is 0.0941. The molecule has 5 rings (SSSR count). The average Bonchev–Trinajstić information content (AvgIpc) is 3.18. The van der Waals surface area contributed by atoms with E-state index < -0.39 is 6.04 Å². The van der Waals surface area contributed by atoms with Crippen molar-refractivity contribution in [1.29, 1.82) is 0 Å². The Morgan fingerprint density at radius 2 is 1.69 bits per heavy atom. The summed E-state index contributed by atoms with van der Waals surface area (Å²) in [6.45, 7) is 4.86. The SMILES string of the molecule is CCCCCCOc1ccc(C2c3c(oc4ccc(Br)cc4c3=O)C(=O)N2c2ccc(C)cc2)cc1. The highest BCUT2D eigenvalue weighted by atomic mass is 79.9. The molecule has 0 bridgehead atoms. The van der Waals surface area contributed by atoms with Gasteiger partial charge in [-0.25, -0.2) is 0 Å². The second-order valence-electron chi connectivity index (χ2n) is 9.21. The summed E-state index contributed by atoms with van der Waals surface area (Å²) < 4.78 is 12.7. The maximum atomic E-state index is 13.7. The number of aryl methyl sites for hydroxylation is 1. The van der Waals surface area contributed by atoms with E-state index in [-0.39, 0.29) is 17.1 Å². The normalized spacial score (nSPS) is 14.9. The number of carbonyl (C=O) groups is 1. The fourth-order valence-corrected chi connectivity index (χ4v) is 5.06. The van der Waals surface area contributed by atoms with Gasteiger partial charge in [0.1, 0.15) is 11.3 Å². The molecule has 5 nitrogen and oxygen atoms in total. The monoisotopic (exact) mass is 545 g/mol. The van der Waals surface area contributed by atoms with Gasteiger partial charge in [-0.15, -0.1) is 0 Å². The number of amides is 1. The second kappa shape index (κ2) is 10.3. The van der Waals surface area contributed by atoms with Gasteiger partial charge in [0.05, 0.1) is 23.6 Å². The van der Waals surface area contributed by atoms with E-state index in [1.54, 1.807) is 23.1 Å². The molecular formula is C30H28BrNO4. The van der Waals surface area contributed by atoms with Gasteiger partial charge in [0.15, 0.2) is 5.43 Å². The number of carbonyl (C=O) groups excluding carboxylic acids is 1. The summed E-state index contributed by atoms with van der Waals surface area (Å²) in [7, 11) is 0. The first kappa shape index (κ1) is 24.3. The number of halogens is 1. The first-order valence-corrected chi connectivity index (χ1v) is 13.2. The summed E-state index contributed by atoms with van der Waals surface area (Å²) in [5.74, 6) is 0.546.